The molecule has 0 aliphatic rings. The number of aromatic amines is 1. The van der Waals surface area contributed by atoms with Crippen LogP contribution >= 0.6 is 0 Å². The molecular formula is C14H15N3. The van der Waals surface area contributed by atoms with E-state index < -0.39 is 0 Å². The molecule has 1 N–H and O–H groups in total. The molecule has 0 fully saturated rings. The van der Waals surface area contributed by atoms with Crippen molar-refractivity contribution >= 4 is 0 Å². The average molecular weight is 225 g/mol. The van der Waals surface area contributed by atoms with E-state index in [2.05, 4.69) is 30.1 Å². The van der Waals surface area contributed by atoms with Crippen LogP contribution in [0.25, 0.3) is 11.3 Å². The summed E-state index contributed by atoms with van der Waals surface area (Å²) in [7, 11) is 0. The fraction of sp³-hybridized carbons (Fsp3) is 0.286. The average Bonchev–Trinajstić information content (AvgIpc) is 2.81. The van der Waals surface area contributed by atoms with Gasteiger partial charge in [-0.25, -0.2) is 0 Å². The van der Waals surface area contributed by atoms with Gasteiger partial charge in [-0.05, 0) is 25.0 Å². The maximum absolute atomic E-state index is 8.77. The van der Waals surface area contributed by atoms with Gasteiger partial charge < -0.3 is 0 Å². The van der Waals surface area contributed by atoms with Crippen molar-refractivity contribution < 1.29 is 0 Å². The van der Waals surface area contributed by atoms with Crippen LogP contribution in [-0.2, 0) is 12.8 Å². The molecule has 3 nitrogen and oxygen atoms in total. The fourth-order valence-electron chi connectivity index (χ4n) is 2.02. The number of benzene rings is 1. The van der Waals surface area contributed by atoms with Crippen molar-refractivity contribution in [1.29, 1.82) is 5.26 Å². The third kappa shape index (κ3) is 2.07. The van der Waals surface area contributed by atoms with Gasteiger partial charge in [-0.15, -0.1) is 0 Å². The molecule has 0 spiro atoms. The minimum atomic E-state index is 0.679. The van der Waals surface area contributed by atoms with Crippen molar-refractivity contribution in [1.82, 2.24) is 10.2 Å². The van der Waals surface area contributed by atoms with E-state index in [9.17, 15) is 0 Å². The number of hydrogen-bond donors (Lipinski definition) is 1. The summed E-state index contributed by atoms with van der Waals surface area (Å²) in [5.41, 5.74) is 5.23. The van der Waals surface area contributed by atoms with E-state index in [4.69, 9.17) is 5.26 Å². The number of H-pyrrole nitrogens is 1. The molecule has 1 aromatic carbocycles. The SMILES string of the molecule is CCc1[nH]nc(-c2ccc(C#N)cc2)c1CC. The number of aromatic nitrogens is 2. The molecule has 3 heteroatoms. The molecule has 17 heavy (non-hydrogen) atoms. The van der Waals surface area contributed by atoms with E-state index in [1.165, 1.54) is 11.3 Å². The Morgan fingerprint density at radius 1 is 1.18 bits per heavy atom. The second-order valence-electron chi connectivity index (χ2n) is 3.93. The highest BCUT2D eigenvalue weighted by molar-refractivity contribution is 5.64. The van der Waals surface area contributed by atoms with Gasteiger partial charge in [0.15, 0.2) is 0 Å². The molecule has 0 radical (unpaired) electrons. The van der Waals surface area contributed by atoms with Crippen LogP contribution in [0.3, 0.4) is 0 Å². The van der Waals surface area contributed by atoms with Gasteiger partial charge >= 0.3 is 0 Å². The van der Waals surface area contributed by atoms with Crippen molar-refractivity contribution in [2.75, 3.05) is 0 Å². The topological polar surface area (TPSA) is 52.5 Å². The Labute approximate surface area is 101 Å². The number of rotatable bonds is 3. The van der Waals surface area contributed by atoms with Crippen molar-refractivity contribution in [2.45, 2.75) is 26.7 Å². The molecular weight excluding hydrogens is 210 g/mol. The Morgan fingerprint density at radius 2 is 1.88 bits per heavy atom. The van der Waals surface area contributed by atoms with Gasteiger partial charge in [0.25, 0.3) is 0 Å². The largest absolute Gasteiger partial charge is 0.282 e. The van der Waals surface area contributed by atoms with Crippen LogP contribution in [0.1, 0.15) is 30.7 Å². The molecule has 0 atom stereocenters. The standard InChI is InChI=1S/C14H15N3/c1-3-12-13(4-2)16-17-14(12)11-7-5-10(9-15)6-8-11/h5-8H,3-4H2,1-2H3,(H,16,17). The molecule has 2 aromatic rings. The number of nitrogens with one attached hydrogen (secondary N) is 1. The highest BCUT2D eigenvalue weighted by Gasteiger charge is 2.11. The van der Waals surface area contributed by atoms with Crippen LogP contribution in [-0.4, -0.2) is 10.2 Å². The van der Waals surface area contributed by atoms with Gasteiger partial charge in [0.05, 0.1) is 17.3 Å². The van der Waals surface area contributed by atoms with Crippen molar-refractivity contribution in [2.24, 2.45) is 0 Å². The Morgan fingerprint density at radius 3 is 2.41 bits per heavy atom. The van der Waals surface area contributed by atoms with Crippen molar-refractivity contribution in [3.63, 3.8) is 0 Å². The van der Waals surface area contributed by atoms with Crippen LogP contribution in [0.15, 0.2) is 24.3 Å². The molecule has 0 unspecified atom stereocenters. The third-order valence-electron chi connectivity index (χ3n) is 2.95. The maximum atomic E-state index is 8.77. The first-order chi connectivity index (χ1) is 8.30. The Kier molecular flexibility index (Phi) is 3.24. The molecule has 0 amide bonds. The summed E-state index contributed by atoms with van der Waals surface area (Å²) in [5, 5.41) is 16.2. The summed E-state index contributed by atoms with van der Waals surface area (Å²) in [4.78, 5) is 0. The van der Waals surface area contributed by atoms with E-state index in [1.807, 2.05) is 24.3 Å². The van der Waals surface area contributed by atoms with Gasteiger partial charge in [0.2, 0.25) is 0 Å². The molecule has 0 saturated carbocycles. The smallest absolute Gasteiger partial charge is 0.0991 e. The number of aryl methyl sites for hydroxylation is 1. The highest BCUT2D eigenvalue weighted by atomic mass is 15.1. The summed E-state index contributed by atoms with van der Waals surface area (Å²) < 4.78 is 0. The third-order valence-corrected chi connectivity index (χ3v) is 2.95. The molecule has 0 aliphatic heterocycles. The predicted molar refractivity (Wildman–Crippen MR) is 67.5 cm³/mol. The first-order valence-electron chi connectivity index (χ1n) is 5.86. The normalized spacial score (nSPS) is 10.2. The van der Waals surface area contributed by atoms with Gasteiger partial charge in [0.1, 0.15) is 0 Å². The summed E-state index contributed by atoms with van der Waals surface area (Å²) in [6.45, 7) is 4.26. The Hall–Kier alpha value is -2.08. The molecule has 1 heterocycles. The molecule has 1 aromatic heterocycles. The van der Waals surface area contributed by atoms with Crippen LogP contribution in [0.4, 0.5) is 0 Å². The lowest BCUT2D eigenvalue weighted by atomic mass is 10.0. The van der Waals surface area contributed by atoms with Gasteiger partial charge in [-0.2, -0.15) is 10.4 Å². The first kappa shape index (κ1) is 11.4. The highest BCUT2D eigenvalue weighted by Crippen LogP contribution is 2.24. The van der Waals surface area contributed by atoms with Gasteiger partial charge in [-0.3, -0.25) is 5.10 Å². The summed E-state index contributed by atoms with van der Waals surface area (Å²) in [5.74, 6) is 0. The minimum absolute atomic E-state index is 0.679. The van der Waals surface area contributed by atoms with Crippen molar-refractivity contribution in [3.8, 4) is 17.3 Å². The van der Waals surface area contributed by atoms with E-state index >= 15 is 0 Å². The summed E-state index contributed by atoms with van der Waals surface area (Å²) in [6, 6.07) is 9.68. The zero-order chi connectivity index (χ0) is 12.3. The zero-order valence-electron chi connectivity index (χ0n) is 10.1. The zero-order valence-corrected chi connectivity index (χ0v) is 10.1. The fourth-order valence-corrected chi connectivity index (χ4v) is 2.02. The van der Waals surface area contributed by atoms with Crippen LogP contribution in [0, 0.1) is 11.3 Å². The van der Waals surface area contributed by atoms with Crippen molar-refractivity contribution in [3.05, 3.63) is 41.1 Å². The van der Waals surface area contributed by atoms with E-state index in [1.54, 1.807) is 0 Å². The monoisotopic (exact) mass is 225 g/mol. The molecule has 0 saturated heterocycles. The van der Waals surface area contributed by atoms with E-state index in [0.717, 1.165) is 24.1 Å². The van der Waals surface area contributed by atoms with Gasteiger partial charge in [0, 0.05) is 16.8 Å². The second-order valence-corrected chi connectivity index (χ2v) is 3.93. The number of nitriles is 1. The van der Waals surface area contributed by atoms with Crippen LogP contribution in [0.2, 0.25) is 0 Å². The quantitative estimate of drug-likeness (QED) is 0.872. The summed E-state index contributed by atoms with van der Waals surface area (Å²) >= 11 is 0. The lowest BCUT2D eigenvalue weighted by Crippen LogP contribution is -1.89. The van der Waals surface area contributed by atoms with Crippen LogP contribution < -0.4 is 0 Å². The number of nitrogens with zero attached hydrogens (tertiary/aromatic N) is 2. The minimum Gasteiger partial charge on any atom is -0.282 e. The lowest BCUT2D eigenvalue weighted by molar-refractivity contribution is 0.957. The first-order valence-corrected chi connectivity index (χ1v) is 5.86. The number of hydrogen-bond acceptors (Lipinski definition) is 2. The lowest BCUT2D eigenvalue weighted by Gasteiger charge is -2.02. The summed E-state index contributed by atoms with van der Waals surface area (Å²) in [6.07, 6.45) is 1.93. The Bertz CT molecular complexity index is 544. The maximum Gasteiger partial charge on any atom is 0.0991 e. The van der Waals surface area contributed by atoms with E-state index in [0.29, 0.717) is 5.56 Å². The molecule has 0 aliphatic carbocycles. The second kappa shape index (κ2) is 4.84. The van der Waals surface area contributed by atoms with E-state index in [-0.39, 0.29) is 0 Å². The van der Waals surface area contributed by atoms with Crippen LogP contribution in [0.5, 0.6) is 0 Å². The Balaban J connectivity index is 2.45. The molecule has 86 valence electrons. The molecule has 2 rings (SSSR count). The van der Waals surface area contributed by atoms with Gasteiger partial charge in [-0.1, -0.05) is 26.0 Å². The molecule has 0 bridgehead atoms. The predicted octanol–water partition coefficient (Wildman–Crippen LogP) is 3.07.